The molecule has 0 fully saturated rings. The molecular formula is C20H15N3O5. The van der Waals surface area contributed by atoms with Crippen LogP contribution >= 0.6 is 0 Å². The Kier molecular flexibility index (Phi) is 3.85. The predicted octanol–water partition coefficient (Wildman–Crippen LogP) is 2.49. The fourth-order valence-electron chi connectivity index (χ4n) is 3.80. The fraction of sp³-hybridized carbons (Fsp3) is 0.150. The highest BCUT2D eigenvalue weighted by Crippen LogP contribution is 2.35. The number of fused-ring (bicyclic) bond motifs is 2. The van der Waals surface area contributed by atoms with Crippen LogP contribution in [-0.2, 0) is 4.79 Å². The highest BCUT2D eigenvalue weighted by atomic mass is 16.6. The highest BCUT2D eigenvalue weighted by molar-refractivity contribution is 6.01. The quantitative estimate of drug-likeness (QED) is 0.515. The van der Waals surface area contributed by atoms with Crippen LogP contribution in [0.15, 0.2) is 63.7 Å². The average molecular weight is 377 g/mol. The van der Waals surface area contributed by atoms with Crippen molar-refractivity contribution in [2.24, 2.45) is 0 Å². The van der Waals surface area contributed by atoms with Crippen molar-refractivity contribution in [1.29, 1.82) is 0 Å². The van der Waals surface area contributed by atoms with E-state index in [-0.39, 0.29) is 22.2 Å². The average Bonchev–Trinajstić information content (AvgIpc) is 3.00. The van der Waals surface area contributed by atoms with Crippen molar-refractivity contribution in [3.63, 3.8) is 0 Å². The first-order valence-corrected chi connectivity index (χ1v) is 8.56. The standard InChI is InChI=1S/C20H15N3O5/c1-11-17(12(2)24)18(13-7-9-14(10-8-13)23(27)28)22-20(26)16-6-4-3-5-15(16)19(25)21(11)22/h3-10,18H,1-2H3. The van der Waals surface area contributed by atoms with Crippen molar-refractivity contribution in [2.45, 2.75) is 19.9 Å². The number of nitro groups is 1. The number of allylic oxidation sites excluding steroid dienone is 2. The van der Waals surface area contributed by atoms with Crippen molar-refractivity contribution in [1.82, 2.24) is 9.36 Å². The number of carbonyl (C=O) groups is 1. The number of carbonyl (C=O) groups excluding carboxylic acids is 1. The predicted molar refractivity (Wildman–Crippen MR) is 103 cm³/mol. The number of benzene rings is 2. The summed E-state index contributed by atoms with van der Waals surface area (Å²) in [5.41, 5.74) is 0.297. The van der Waals surface area contributed by atoms with Crippen LogP contribution in [0.5, 0.6) is 0 Å². The van der Waals surface area contributed by atoms with E-state index in [0.29, 0.717) is 16.8 Å². The van der Waals surface area contributed by atoms with Crippen LogP contribution in [0.1, 0.15) is 25.5 Å². The molecule has 1 aliphatic heterocycles. The van der Waals surface area contributed by atoms with E-state index in [2.05, 4.69) is 0 Å². The summed E-state index contributed by atoms with van der Waals surface area (Å²) in [5, 5.41) is 11.5. The number of nitrogens with zero attached hydrogens (tertiary/aromatic N) is 3. The third-order valence-corrected chi connectivity index (χ3v) is 5.03. The SMILES string of the molecule is CC(=O)C1=C(C)n2c(=O)c3ccccc3c(=O)n2C1c1ccc([N+](=O)[O-])cc1. The summed E-state index contributed by atoms with van der Waals surface area (Å²) in [5.74, 6) is -0.278. The maximum atomic E-state index is 13.2. The zero-order valence-corrected chi connectivity index (χ0v) is 15.1. The Morgan fingerprint density at radius 1 is 1.00 bits per heavy atom. The van der Waals surface area contributed by atoms with Gasteiger partial charge in [-0.2, -0.15) is 0 Å². The lowest BCUT2D eigenvalue weighted by atomic mass is 9.95. The van der Waals surface area contributed by atoms with Crippen LogP contribution < -0.4 is 11.1 Å². The number of ketones is 1. The molecule has 2 heterocycles. The molecule has 1 atom stereocenters. The van der Waals surface area contributed by atoms with Crippen LogP contribution in [-0.4, -0.2) is 20.1 Å². The van der Waals surface area contributed by atoms with Gasteiger partial charge in [0.05, 0.1) is 21.4 Å². The molecule has 0 radical (unpaired) electrons. The second-order valence-electron chi connectivity index (χ2n) is 6.62. The number of non-ortho nitro benzene ring substituents is 1. The van der Waals surface area contributed by atoms with Gasteiger partial charge in [-0.3, -0.25) is 24.5 Å². The number of nitro benzene ring substituents is 1. The van der Waals surface area contributed by atoms with Crippen molar-refractivity contribution in [3.8, 4) is 0 Å². The van der Waals surface area contributed by atoms with Gasteiger partial charge in [0.15, 0.2) is 5.78 Å². The summed E-state index contributed by atoms with van der Waals surface area (Å²) < 4.78 is 2.49. The number of rotatable bonds is 3. The summed E-state index contributed by atoms with van der Waals surface area (Å²) in [7, 11) is 0. The van der Waals surface area contributed by atoms with E-state index >= 15 is 0 Å². The molecule has 1 aliphatic rings. The Labute approximate surface area is 158 Å². The summed E-state index contributed by atoms with van der Waals surface area (Å²) in [6.45, 7) is 2.99. The normalized spacial score (nSPS) is 15.7. The Hall–Kier alpha value is -3.81. The molecule has 1 unspecified atom stereocenters. The van der Waals surface area contributed by atoms with Crippen LogP contribution in [0.3, 0.4) is 0 Å². The molecule has 8 nitrogen and oxygen atoms in total. The van der Waals surface area contributed by atoms with E-state index in [9.17, 15) is 24.5 Å². The Balaban J connectivity index is 2.08. The van der Waals surface area contributed by atoms with Gasteiger partial charge in [-0.25, -0.2) is 9.36 Å². The van der Waals surface area contributed by atoms with E-state index in [0.717, 1.165) is 0 Å². The number of aromatic nitrogens is 2. The van der Waals surface area contributed by atoms with Crippen molar-refractivity contribution < 1.29 is 9.72 Å². The molecule has 1 aromatic heterocycles. The van der Waals surface area contributed by atoms with E-state index in [4.69, 9.17) is 0 Å². The Morgan fingerprint density at radius 3 is 2.11 bits per heavy atom. The maximum Gasteiger partial charge on any atom is 0.277 e. The summed E-state index contributed by atoms with van der Waals surface area (Å²) in [6, 6.07) is 11.3. The highest BCUT2D eigenvalue weighted by Gasteiger charge is 2.35. The maximum absolute atomic E-state index is 13.2. The second kappa shape index (κ2) is 6.12. The van der Waals surface area contributed by atoms with Crippen LogP contribution in [0.4, 0.5) is 5.69 Å². The summed E-state index contributed by atoms with van der Waals surface area (Å²) in [4.78, 5) is 49.1. The zero-order chi connectivity index (χ0) is 20.2. The molecule has 0 N–H and O–H groups in total. The third-order valence-electron chi connectivity index (χ3n) is 5.03. The largest absolute Gasteiger partial charge is 0.295 e. The molecule has 0 aliphatic carbocycles. The third kappa shape index (κ3) is 2.34. The number of Topliss-reactive ketones (excluding diaryl/α,β-unsaturated/α-hetero) is 1. The smallest absolute Gasteiger partial charge is 0.277 e. The lowest BCUT2D eigenvalue weighted by Gasteiger charge is -2.18. The minimum absolute atomic E-state index is 0.102. The fourth-order valence-corrected chi connectivity index (χ4v) is 3.80. The molecule has 0 spiro atoms. The van der Waals surface area contributed by atoms with E-state index in [1.54, 1.807) is 31.2 Å². The monoisotopic (exact) mass is 377 g/mol. The molecule has 0 saturated heterocycles. The van der Waals surface area contributed by atoms with Crippen molar-refractivity contribution in [3.05, 3.63) is 90.5 Å². The molecule has 3 aromatic rings. The second-order valence-corrected chi connectivity index (χ2v) is 6.62. The molecule has 0 saturated carbocycles. The molecule has 0 bridgehead atoms. The number of hydrogen-bond acceptors (Lipinski definition) is 5. The molecule has 2 aromatic carbocycles. The Bertz CT molecular complexity index is 1310. The molecule has 4 rings (SSSR count). The van der Waals surface area contributed by atoms with E-state index in [1.807, 2.05) is 0 Å². The lowest BCUT2D eigenvalue weighted by Crippen LogP contribution is -2.37. The summed E-state index contributed by atoms with van der Waals surface area (Å²) in [6.07, 6.45) is 0. The molecule has 28 heavy (non-hydrogen) atoms. The molecular weight excluding hydrogens is 362 g/mol. The van der Waals surface area contributed by atoms with Gasteiger partial charge < -0.3 is 0 Å². The molecule has 8 heteroatoms. The van der Waals surface area contributed by atoms with Gasteiger partial charge in [-0.05, 0) is 43.7 Å². The van der Waals surface area contributed by atoms with E-state index < -0.39 is 22.1 Å². The van der Waals surface area contributed by atoms with Crippen LogP contribution in [0.25, 0.3) is 16.5 Å². The van der Waals surface area contributed by atoms with Gasteiger partial charge in [-0.1, -0.05) is 12.1 Å². The molecule has 140 valence electrons. The summed E-state index contributed by atoms with van der Waals surface area (Å²) >= 11 is 0. The van der Waals surface area contributed by atoms with E-state index in [1.165, 1.54) is 40.6 Å². The first-order chi connectivity index (χ1) is 13.3. The van der Waals surface area contributed by atoms with Gasteiger partial charge in [-0.15, -0.1) is 0 Å². The van der Waals surface area contributed by atoms with Crippen molar-refractivity contribution >= 4 is 27.9 Å². The van der Waals surface area contributed by atoms with Crippen LogP contribution in [0.2, 0.25) is 0 Å². The minimum Gasteiger partial charge on any atom is -0.295 e. The van der Waals surface area contributed by atoms with Crippen molar-refractivity contribution in [2.75, 3.05) is 0 Å². The number of hydrogen-bond donors (Lipinski definition) is 0. The first-order valence-electron chi connectivity index (χ1n) is 8.56. The van der Waals surface area contributed by atoms with Gasteiger partial charge >= 0.3 is 0 Å². The van der Waals surface area contributed by atoms with Gasteiger partial charge in [0.2, 0.25) is 0 Å². The molecule has 0 amide bonds. The minimum atomic E-state index is -0.830. The van der Waals surface area contributed by atoms with Crippen LogP contribution in [0, 0.1) is 10.1 Å². The first kappa shape index (κ1) is 17.6. The van der Waals surface area contributed by atoms with Gasteiger partial charge in [0.25, 0.3) is 16.8 Å². The lowest BCUT2D eigenvalue weighted by molar-refractivity contribution is -0.384. The van der Waals surface area contributed by atoms with Gasteiger partial charge in [0, 0.05) is 17.7 Å². The topological polar surface area (TPSA) is 104 Å². The van der Waals surface area contributed by atoms with Gasteiger partial charge in [0.1, 0.15) is 6.04 Å². The Morgan fingerprint density at radius 2 is 1.57 bits per heavy atom. The zero-order valence-electron chi connectivity index (χ0n) is 15.1.